The molecule has 1 N–H and O–H groups in total. The molecule has 2 heterocycles. The van der Waals surface area contributed by atoms with Crippen LogP contribution >= 0.6 is 0 Å². The number of carbonyl (C=O) groups is 1. The number of benzene rings is 2. The highest BCUT2D eigenvalue weighted by molar-refractivity contribution is 5.86. The van der Waals surface area contributed by atoms with Crippen LogP contribution in [0.2, 0.25) is 0 Å². The Balaban J connectivity index is 0.000000730. The number of hydrogen-bond acceptors (Lipinski definition) is 3. The summed E-state index contributed by atoms with van der Waals surface area (Å²) in [5.41, 5.74) is 6.81. The van der Waals surface area contributed by atoms with Crippen LogP contribution in [0.15, 0.2) is 42.5 Å². The molecule has 3 aromatic rings. The predicted octanol–water partition coefficient (Wildman–Crippen LogP) is 5.60. The van der Waals surface area contributed by atoms with E-state index in [0.717, 1.165) is 12.8 Å². The second kappa shape index (κ2) is 9.54. The molecule has 1 unspecified atom stereocenters. The van der Waals surface area contributed by atoms with Gasteiger partial charge in [0, 0.05) is 36.8 Å². The highest BCUT2D eigenvalue weighted by atomic mass is 16.3. The zero-order chi connectivity index (χ0) is 21.8. The molecule has 5 rings (SSSR count). The number of rotatable bonds is 3. The van der Waals surface area contributed by atoms with Crippen molar-refractivity contribution in [3.05, 3.63) is 59.4 Å². The van der Waals surface area contributed by atoms with Crippen LogP contribution in [-0.4, -0.2) is 34.2 Å². The third-order valence-electron chi connectivity index (χ3n) is 7.01. The summed E-state index contributed by atoms with van der Waals surface area (Å²) < 4.78 is 2.61. The number of fused-ring (bicyclic) bond motifs is 3. The summed E-state index contributed by atoms with van der Waals surface area (Å²) in [5, 5.41) is 6.89. The largest absolute Gasteiger partial charge is 0.483 e. The summed E-state index contributed by atoms with van der Waals surface area (Å²) in [6.45, 7) is 2.08. The van der Waals surface area contributed by atoms with Crippen molar-refractivity contribution in [1.82, 2.24) is 9.55 Å². The van der Waals surface area contributed by atoms with Gasteiger partial charge in [0.05, 0.1) is 11.0 Å². The Morgan fingerprint density at radius 3 is 2.48 bits per heavy atom. The van der Waals surface area contributed by atoms with Crippen molar-refractivity contribution in [2.45, 2.75) is 70.4 Å². The molecule has 1 aliphatic carbocycles. The zero-order valence-electron chi connectivity index (χ0n) is 18.6. The number of aromatic nitrogens is 2. The normalized spacial score (nSPS) is 18.9. The van der Waals surface area contributed by atoms with Gasteiger partial charge in [-0.05, 0) is 50.3 Å². The van der Waals surface area contributed by atoms with Crippen LogP contribution in [0.25, 0.3) is 11.0 Å². The average Bonchev–Trinajstić information content (AvgIpc) is 3.16. The molecule has 2 aliphatic rings. The first-order valence-corrected chi connectivity index (χ1v) is 11.5. The maximum atomic E-state index is 8.36. The van der Waals surface area contributed by atoms with Crippen molar-refractivity contribution in [2.24, 2.45) is 0 Å². The van der Waals surface area contributed by atoms with Gasteiger partial charge in [-0.1, -0.05) is 49.6 Å². The molecule has 5 heteroatoms. The fourth-order valence-corrected chi connectivity index (χ4v) is 5.27. The van der Waals surface area contributed by atoms with Crippen molar-refractivity contribution in [1.29, 1.82) is 0 Å². The fraction of sp³-hybridized carbons (Fsp3) is 0.462. The molecular weight excluding hydrogens is 386 g/mol. The van der Waals surface area contributed by atoms with Crippen LogP contribution in [0.4, 0.5) is 5.69 Å². The molecular formula is C26H33N3O2. The van der Waals surface area contributed by atoms with Gasteiger partial charge in [0.15, 0.2) is 0 Å². The van der Waals surface area contributed by atoms with E-state index in [1.54, 1.807) is 0 Å². The molecule has 0 spiro atoms. The van der Waals surface area contributed by atoms with Gasteiger partial charge in [0.2, 0.25) is 0 Å². The summed E-state index contributed by atoms with van der Waals surface area (Å²) in [4.78, 5) is 16.1. The van der Waals surface area contributed by atoms with Crippen LogP contribution in [0, 0.1) is 0 Å². The van der Waals surface area contributed by atoms with E-state index in [1.165, 1.54) is 72.2 Å². The van der Waals surface area contributed by atoms with Crippen molar-refractivity contribution < 1.29 is 9.90 Å². The molecule has 0 radical (unpaired) electrons. The Bertz CT molecular complexity index is 1020. The zero-order valence-corrected chi connectivity index (χ0v) is 18.6. The lowest BCUT2D eigenvalue weighted by atomic mass is 9.94. The summed E-state index contributed by atoms with van der Waals surface area (Å²) >= 11 is 0. The first-order valence-electron chi connectivity index (χ1n) is 11.5. The van der Waals surface area contributed by atoms with E-state index in [2.05, 4.69) is 65.9 Å². The minimum atomic E-state index is -0.250. The molecule has 1 aromatic heterocycles. The Morgan fingerprint density at radius 2 is 1.77 bits per heavy atom. The van der Waals surface area contributed by atoms with Gasteiger partial charge in [-0.2, -0.15) is 0 Å². The number of nitrogens with zero attached hydrogens (tertiary/aromatic N) is 3. The molecule has 5 nitrogen and oxygen atoms in total. The maximum Gasteiger partial charge on any atom is 0.290 e. The highest BCUT2D eigenvalue weighted by Crippen LogP contribution is 2.38. The van der Waals surface area contributed by atoms with Crippen molar-refractivity contribution in [2.75, 3.05) is 11.9 Å². The summed E-state index contributed by atoms with van der Waals surface area (Å²) in [5.74, 6) is 1.25. The van der Waals surface area contributed by atoms with Crippen molar-refractivity contribution in [3.63, 3.8) is 0 Å². The highest BCUT2D eigenvalue weighted by Gasteiger charge is 2.27. The third kappa shape index (κ3) is 4.32. The molecule has 1 atom stereocenters. The van der Waals surface area contributed by atoms with E-state index >= 15 is 0 Å². The summed E-state index contributed by atoms with van der Waals surface area (Å²) in [6, 6.07) is 16.7. The van der Waals surface area contributed by atoms with Crippen molar-refractivity contribution >= 4 is 23.2 Å². The van der Waals surface area contributed by atoms with Gasteiger partial charge in [0.25, 0.3) is 6.47 Å². The standard InChI is InChI=1S/C25H31N3.CH2O2/c1-18-13-14-21-22(27(18)2)15-16-23-25(21)26-24(17-19-9-5-3-6-10-19)28(23)20-11-7-4-8-12-20;2-1-3/h3,5-6,9-10,15-16,18,20H,4,7-8,11-14,17H2,1-2H3;1H,(H,2,3). The number of aryl methyl sites for hydroxylation is 1. The number of carboxylic acid groups (broad SMARTS) is 1. The monoisotopic (exact) mass is 419 g/mol. The Labute approximate surface area is 184 Å². The van der Waals surface area contributed by atoms with Crippen LogP contribution < -0.4 is 4.90 Å². The lowest BCUT2D eigenvalue weighted by Gasteiger charge is -2.34. The minimum Gasteiger partial charge on any atom is -0.483 e. The topological polar surface area (TPSA) is 58.4 Å². The Hall–Kier alpha value is -2.82. The number of anilines is 1. The fourth-order valence-electron chi connectivity index (χ4n) is 5.27. The smallest absolute Gasteiger partial charge is 0.290 e. The van der Waals surface area contributed by atoms with Crippen LogP contribution in [0.5, 0.6) is 0 Å². The SMILES string of the molecule is CC1CCc2c(ccc3c2nc(Cc2ccccc2)n3C2CCCCC2)N1C.O=CO. The first-order chi connectivity index (χ1) is 15.1. The lowest BCUT2D eigenvalue weighted by Crippen LogP contribution is -2.33. The molecule has 0 bridgehead atoms. The van der Waals surface area contributed by atoms with E-state index in [1.807, 2.05) is 0 Å². The Kier molecular flexibility index (Phi) is 6.59. The minimum absolute atomic E-state index is 0.250. The quantitative estimate of drug-likeness (QED) is 0.561. The van der Waals surface area contributed by atoms with Gasteiger partial charge < -0.3 is 14.6 Å². The van der Waals surface area contributed by atoms with Gasteiger partial charge in [-0.25, -0.2) is 4.98 Å². The van der Waals surface area contributed by atoms with E-state index in [-0.39, 0.29) is 6.47 Å². The number of imidazole rings is 1. The molecule has 1 aliphatic heterocycles. The summed E-state index contributed by atoms with van der Waals surface area (Å²) in [7, 11) is 2.23. The van der Waals surface area contributed by atoms with E-state index in [0.29, 0.717) is 12.1 Å². The molecule has 164 valence electrons. The molecule has 1 saturated carbocycles. The van der Waals surface area contributed by atoms with Gasteiger partial charge in [-0.15, -0.1) is 0 Å². The van der Waals surface area contributed by atoms with Crippen molar-refractivity contribution in [3.8, 4) is 0 Å². The van der Waals surface area contributed by atoms with E-state index in [4.69, 9.17) is 14.9 Å². The summed E-state index contributed by atoms with van der Waals surface area (Å²) in [6.07, 6.45) is 9.95. The molecule has 2 aromatic carbocycles. The maximum absolute atomic E-state index is 8.36. The van der Waals surface area contributed by atoms with E-state index < -0.39 is 0 Å². The molecule has 0 amide bonds. The number of hydrogen-bond donors (Lipinski definition) is 1. The van der Waals surface area contributed by atoms with Gasteiger partial charge >= 0.3 is 0 Å². The average molecular weight is 420 g/mol. The molecule has 1 fully saturated rings. The third-order valence-corrected chi connectivity index (χ3v) is 7.01. The van der Waals surface area contributed by atoms with Gasteiger partial charge in [0.1, 0.15) is 5.82 Å². The van der Waals surface area contributed by atoms with Crippen LogP contribution in [0.3, 0.4) is 0 Å². The molecule has 0 saturated heterocycles. The molecule has 31 heavy (non-hydrogen) atoms. The van der Waals surface area contributed by atoms with Crippen LogP contribution in [0.1, 0.15) is 68.4 Å². The second-order valence-corrected chi connectivity index (χ2v) is 8.89. The van der Waals surface area contributed by atoms with Gasteiger partial charge in [-0.3, -0.25) is 4.79 Å². The van der Waals surface area contributed by atoms with E-state index in [9.17, 15) is 0 Å². The first kappa shape index (κ1) is 21.4. The second-order valence-electron chi connectivity index (χ2n) is 8.89. The lowest BCUT2D eigenvalue weighted by molar-refractivity contribution is -0.122. The van der Waals surface area contributed by atoms with Crippen LogP contribution in [-0.2, 0) is 17.6 Å². The Morgan fingerprint density at radius 1 is 1.06 bits per heavy atom. The predicted molar refractivity (Wildman–Crippen MR) is 126 cm³/mol.